The van der Waals surface area contributed by atoms with Crippen LogP contribution in [0, 0.1) is 0 Å². The van der Waals surface area contributed by atoms with Gasteiger partial charge in [0.05, 0.1) is 19.3 Å². The third kappa shape index (κ3) is 4.68. The number of hydrogen-bond donors (Lipinski definition) is 1. The van der Waals surface area contributed by atoms with Crippen LogP contribution in [0.15, 0.2) is 24.5 Å². The summed E-state index contributed by atoms with van der Waals surface area (Å²) in [4.78, 5) is 21.2. The molecule has 0 aromatic carbocycles. The Morgan fingerprint density at radius 2 is 1.96 bits per heavy atom. The molecule has 2 amide bonds. The van der Waals surface area contributed by atoms with Crippen LogP contribution in [0.1, 0.15) is 37.3 Å². The third-order valence-electron chi connectivity index (χ3n) is 4.91. The highest BCUT2D eigenvalue weighted by Crippen LogP contribution is 2.29. The van der Waals surface area contributed by atoms with Crippen LogP contribution >= 0.6 is 0 Å². The quantitative estimate of drug-likeness (QED) is 0.917. The van der Waals surface area contributed by atoms with Crippen LogP contribution in [0.2, 0.25) is 0 Å². The Hall–Kier alpha value is -1.66. The minimum absolute atomic E-state index is 0.0620. The fraction of sp³-hybridized carbons (Fsp3) is 0.667. The molecule has 2 saturated heterocycles. The zero-order valence-corrected chi connectivity index (χ0v) is 14.3. The van der Waals surface area contributed by atoms with E-state index in [-0.39, 0.29) is 12.1 Å². The highest BCUT2D eigenvalue weighted by Gasteiger charge is 2.26. The van der Waals surface area contributed by atoms with E-state index in [1.807, 2.05) is 29.4 Å². The van der Waals surface area contributed by atoms with Gasteiger partial charge in [0.15, 0.2) is 0 Å². The number of ether oxygens (including phenoxy) is 1. The number of nitrogens with zero attached hydrogens (tertiary/aromatic N) is 3. The van der Waals surface area contributed by atoms with Gasteiger partial charge in [-0.05, 0) is 30.5 Å². The molecule has 0 bridgehead atoms. The molecule has 1 unspecified atom stereocenters. The topological polar surface area (TPSA) is 57.7 Å². The van der Waals surface area contributed by atoms with E-state index in [4.69, 9.17) is 4.74 Å². The molecule has 2 fully saturated rings. The van der Waals surface area contributed by atoms with Crippen molar-refractivity contribution in [3.05, 3.63) is 30.1 Å². The highest BCUT2D eigenvalue weighted by molar-refractivity contribution is 5.74. The summed E-state index contributed by atoms with van der Waals surface area (Å²) >= 11 is 0. The number of hydrogen-bond acceptors (Lipinski definition) is 4. The van der Waals surface area contributed by atoms with Crippen molar-refractivity contribution in [2.75, 3.05) is 45.9 Å². The summed E-state index contributed by atoms with van der Waals surface area (Å²) in [5, 5.41) is 3.12. The zero-order valence-electron chi connectivity index (χ0n) is 14.3. The summed E-state index contributed by atoms with van der Waals surface area (Å²) in [6.45, 7) is 5.92. The van der Waals surface area contributed by atoms with Gasteiger partial charge in [-0.2, -0.15) is 0 Å². The van der Waals surface area contributed by atoms with Crippen molar-refractivity contribution in [3.8, 4) is 0 Å². The summed E-state index contributed by atoms with van der Waals surface area (Å²) < 4.78 is 5.36. The second-order valence-corrected chi connectivity index (χ2v) is 6.53. The smallest absolute Gasteiger partial charge is 0.317 e. The lowest BCUT2D eigenvalue weighted by Gasteiger charge is -2.31. The van der Waals surface area contributed by atoms with Gasteiger partial charge in [-0.3, -0.25) is 9.88 Å². The van der Waals surface area contributed by atoms with E-state index < -0.39 is 0 Å². The number of aromatic nitrogens is 1. The van der Waals surface area contributed by atoms with Gasteiger partial charge in [0.25, 0.3) is 0 Å². The second kappa shape index (κ2) is 8.99. The average molecular weight is 332 g/mol. The van der Waals surface area contributed by atoms with Crippen LogP contribution in [0.25, 0.3) is 0 Å². The Bertz CT molecular complexity index is 505. The van der Waals surface area contributed by atoms with E-state index in [1.165, 1.54) is 18.4 Å². The number of carbonyl (C=O) groups excluding carboxylic acids is 1. The molecule has 6 heteroatoms. The molecule has 132 valence electrons. The number of morpholine rings is 1. The van der Waals surface area contributed by atoms with Crippen molar-refractivity contribution in [2.45, 2.75) is 31.7 Å². The molecule has 24 heavy (non-hydrogen) atoms. The number of urea groups is 1. The molecule has 0 aliphatic carbocycles. The van der Waals surface area contributed by atoms with Gasteiger partial charge >= 0.3 is 6.03 Å². The first-order valence-electron chi connectivity index (χ1n) is 9.09. The van der Waals surface area contributed by atoms with Crippen molar-refractivity contribution in [1.82, 2.24) is 20.1 Å². The molecule has 3 rings (SSSR count). The zero-order chi connectivity index (χ0) is 16.6. The largest absolute Gasteiger partial charge is 0.379 e. The minimum atomic E-state index is 0.0620. The predicted molar refractivity (Wildman–Crippen MR) is 92.8 cm³/mol. The lowest BCUT2D eigenvalue weighted by Crippen LogP contribution is -2.46. The van der Waals surface area contributed by atoms with Gasteiger partial charge in [-0.15, -0.1) is 0 Å². The molecular formula is C18H28N4O2. The molecule has 6 nitrogen and oxygen atoms in total. The number of amides is 2. The molecule has 1 aromatic rings. The first kappa shape index (κ1) is 17.2. The lowest BCUT2D eigenvalue weighted by molar-refractivity contribution is 0.0385. The van der Waals surface area contributed by atoms with E-state index >= 15 is 0 Å². The summed E-state index contributed by atoms with van der Waals surface area (Å²) in [6, 6.07) is 4.29. The van der Waals surface area contributed by atoms with E-state index in [2.05, 4.69) is 15.2 Å². The van der Waals surface area contributed by atoms with Crippen LogP contribution in [0.5, 0.6) is 0 Å². The summed E-state index contributed by atoms with van der Waals surface area (Å²) in [5.74, 6) is 0. The molecule has 2 aliphatic rings. The Morgan fingerprint density at radius 3 is 2.75 bits per heavy atom. The first-order valence-corrected chi connectivity index (χ1v) is 9.09. The van der Waals surface area contributed by atoms with Gasteiger partial charge in [0, 0.05) is 45.1 Å². The molecular weight excluding hydrogens is 304 g/mol. The van der Waals surface area contributed by atoms with Crippen LogP contribution in [0.4, 0.5) is 4.79 Å². The molecule has 0 spiro atoms. The van der Waals surface area contributed by atoms with Crippen molar-refractivity contribution in [3.63, 3.8) is 0 Å². The van der Waals surface area contributed by atoms with Crippen molar-refractivity contribution in [1.29, 1.82) is 0 Å². The van der Waals surface area contributed by atoms with Gasteiger partial charge in [0.2, 0.25) is 0 Å². The number of carbonyl (C=O) groups is 1. The van der Waals surface area contributed by atoms with E-state index in [1.54, 1.807) is 0 Å². The highest BCUT2D eigenvalue weighted by atomic mass is 16.5. The third-order valence-corrected chi connectivity index (χ3v) is 4.91. The molecule has 1 aromatic heterocycles. The van der Waals surface area contributed by atoms with Crippen molar-refractivity contribution >= 4 is 6.03 Å². The Kier molecular flexibility index (Phi) is 6.43. The van der Waals surface area contributed by atoms with Gasteiger partial charge in [-0.25, -0.2) is 4.79 Å². The predicted octanol–water partition coefficient (Wildman–Crippen LogP) is 2.04. The minimum Gasteiger partial charge on any atom is -0.379 e. The normalized spacial score (nSPS) is 22.8. The molecule has 1 N–H and O–H groups in total. The number of likely N-dealkylation sites (tertiary alicyclic amines) is 1. The van der Waals surface area contributed by atoms with Gasteiger partial charge < -0.3 is 15.0 Å². The van der Waals surface area contributed by atoms with Gasteiger partial charge in [-0.1, -0.05) is 12.8 Å². The van der Waals surface area contributed by atoms with Crippen molar-refractivity contribution in [2.24, 2.45) is 0 Å². The maximum Gasteiger partial charge on any atom is 0.317 e. The van der Waals surface area contributed by atoms with Gasteiger partial charge in [0.1, 0.15) is 0 Å². The standard InChI is InChI=1S/C18H28N4O2/c23-18(20-9-11-21-12-14-24-15-13-21)22-10-3-1-2-4-17(22)16-5-7-19-8-6-16/h5-8,17H,1-4,9-15H2,(H,20,23). The molecule has 2 aliphatic heterocycles. The summed E-state index contributed by atoms with van der Waals surface area (Å²) in [6.07, 6.45) is 8.10. The van der Waals surface area contributed by atoms with E-state index in [0.717, 1.165) is 52.2 Å². The fourth-order valence-electron chi connectivity index (χ4n) is 3.53. The summed E-state index contributed by atoms with van der Waals surface area (Å²) in [5.41, 5.74) is 1.19. The van der Waals surface area contributed by atoms with Crippen LogP contribution < -0.4 is 5.32 Å². The fourth-order valence-corrected chi connectivity index (χ4v) is 3.53. The van der Waals surface area contributed by atoms with Crippen LogP contribution in [-0.4, -0.2) is 66.8 Å². The van der Waals surface area contributed by atoms with Crippen LogP contribution in [-0.2, 0) is 4.74 Å². The monoisotopic (exact) mass is 332 g/mol. The van der Waals surface area contributed by atoms with Crippen molar-refractivity contribution < 1.29 is 9.53 Å². The Balaban J connectivity index is 1.55. The molecule has 0 saturated carbocycles. The van der Waals surface area contributed by atoms with Crippen LogP contribution in [0.3, 0.4) is 0 Å². The summed E-state index contributed by atoms with van der Waals surface area (Å²) in [7, 11) is 0. The molecule has 3 heterocycles. The SMILES string of the molecule is O=C(NCCN1CCOCC1)N1CCCCCC1c1ccncc1. The Labute approximate surface area is 144 Å². The number of pyridine rings is 1. The Morgan fingerprint density at radius 1 is 1.17 bits per heavy atom. The maximum atomic E-state index is 12.7. The van der Waals surface area contributed by atoms with E-state index in [9.17, 15) is 4.79 Å². The van der Waals surface area contributed by atoms with E-state index in [0.29, 0.717) is 6.54 Å². The average Bonchev–Trinajstić information content (AvgIpc) is 2.89. The number of nitrogens with one attached hydrogen (secondary N) is 1. The lowest BCUT2D eigenvalue weighted by atomic mass is 10.0. The second-order valence-electron chi connectivity index (χ2n) is 6.53. The maximum absolute atomic E-state index is 12.7. The number of rotatable bonds is 4. The first-order chi connectivity index (χ1) is 11.8. The molecule has 0 radical (unpaired) electrons. The molecule has 1 atom stereocenters.